The van der Waals surface area contributed by atoms with E-state index in [0.29, 0.717) is 31.4 Å². The van der Waals surface area contributed by atoms with E-state index in [4.69, 9.17) is 9.47 Å². The van der Waals surface area contributed by atoms with Crippen LogP contribution in [-0.2, 0) is 23.9 Å². The summed E-state index contributed by atoms with van der Waals surface area (Å²) in [6.45, 7) is 13.5. The van der Waals surface area contributed by atoms with Crippen molar-refractivity contribution in [3.8, 4) is 0 Å². The van der Waals surface area contributed by atoms with Crippen LogP contribution in [0, 0.1) is 11.8 Å². The van der Waals surface area contributed by atoms with Gasteiger partial charge in [-0.1, -0.05) is 69.3 Å². The van der Waals surface area contributed by atoms with Gasteiger partial charge in [0, 0.05) is 12.6 Å². The number of nitrogens with zero attached hydrogens (tertiary/aromatic N) is 2. The lowest BCUT2D eigenvalue weighted by Crippen LogP contribution is -2.58. The third kappa shape index (κ3) is 4.61. The zero-order chi connectivity index (χ0) is 28.4. The van der Waals surface area contributed by atoms with Gasteiger partial charge < -0.3 is 24.4 Å². The molecule has 4 rings (SSSR count). The summed E-state index contributed by atoms with van der Waals surface area (Å²) in [4.78, 5) is 45.9. The Morgan fingerprint density at radius 2 is 1.95 bits per heavy atom. The molecule has 7 atom stereocenters. The van der Waals surface area contributed by atoms with E-state index >= 15 is 0 Å². The predicted octanol–water partition coefficient (Wildman–Crippen LogP) is 3.81. The number of likely N-dealkylation sites (tertiary alicyclic amines) is 1. The molecule has 1 aromatic carbocycles. The number of benzene rings is 1. The molecule has 0 saturated carbocycles. The summed E-state index contributed by atoms with van der Waals surface area (Å²) in [6, 6.07) is 7.34. The fourth-order valence-corrected chi connectivity index (χ4v) is 7.25. The first-order valence-electron chi connectivity index (χ1n) is 14.1. The van der Waals surface area contributed by atoms with Crippen LogP contribution in [0.4, 0.5) is 0 Å². The number of aliphatic hydroxyl groups excluding tert-OH is 1. The molecule has 3 unspecified atom stereocenters. The number of esters is 1. The van der Waals surface area contributed by atoms with Crippen LogP contribution in [0.15, 0.2) is 55.6 Å². The highest BCUT2D eigenvalue weighted by Gasteiger charge is 2.79. The van der Waals surface area contributed by atoms with Crippen molar-refractivity contribution in [3.63, 3.8) is 0 Å². The minimum Gasteiger partial charge on any atom is -0.461 e. The number of amides is 2. The molecule has 8 heteroatoms. The van der Waals surface area contributed by atoms with Crippen LogP contribution in [0.5, 0.6) is 0 Å². The monoisotopic (exact) mass is 538 g/mol. The lowest BCUT2D eigenvalue weighted by molar-refractivity contribution is -0.163. The second-order valence-corrected chi connectivity index (χ2v) is 11.0. The van der Waals surface area contributed by atoms with Gasteiger partial charge in [0.25, 0.3) is 0 Å². The minimum atomic E-state index is -1.20. The van der Waals surface area contributed by atoms with Gasteiger partial charge in [-0.15, -0.1) is 6.58 Å². The SMILES string of the molecule is C=CCOC(=O)[C@@H]1[C@H]2C(=O)N([C@H](CO)c3ccccc3)C(C(=O)N(CC=C)C(C)CCC)C23CC[C@@]1(CC)O3. The molecule has 1 N–H and O–H groups in total. The number of carbonyl (C=O) groups is 3. The molecule has 0 aliphatic carbocycles. The number of fused-ring (bicyclic) bond motifs is 1. The number of aliphatic hydroxyl groups is 1. The molecule has 3 fully saturated rings. The van der Waals surface area contributed by atoms with E-state index < -0.39 is 41.1 Å². The Bertz CT molecular complexity index is 1090. The molecule has 1 aromatic rings. The van der Waals surface area contributed by atoms with E-state index in [0.717, 1.165) is 12.8 Å². The smallest absolute Gasteiger partial charge is 0.313 e. The van der Waals surface area contributed by atoms with Crippen molar-refractivity contribution < 1.29 is 29.0 Å². The van der Waals surface area contributed by atoms with Crippen molar-refractivity contribution in [3.05, 3.63) is 61.2 Å². The first-order valence-corrected chi connectivity index (χ1v) is 14.1. The fourth-order valence-electron chi connectivity index (χ4n) is 7.25. The Balaban J connectivity index is 1.88. The van der Waals surface area contributed by atoms with Crippen LogP contribution in [-0.4, -0.2) is 75.7 Å². The summed E-state index contributed by atoms with van der Waals surface area (Å²) in [7, 11) is 0. The number of hydrogen-bond donors (Lipinski definition) is 1. The van der Waals surface area contributed by atoms with Crippen molar-refractivity contribution in [2.75, 3.05) is 19.8 Å². The maximum Gasteiger partial charge on any atom is 0.313 e. The molecular weight excluding hydrogens is 496 g/mol. The van der Waals surface area contributed by atoms with Gasteiger partial charge in [-0.25, -0.2) is 0 Å². The molecule has 0 radical (unpaired) electrons. The van der Waals surface area contributed by atoms with Crippen molar-refractivity contribution >= 4 is 17.8 Å². The first kappa shape index (κ1) is 29.0. The summed E-state index contributed by atoms with van der Waals surface area (Å²) in [5, 5.41) is 10.6. The highest BCUT2D eigenvalue weighted by Crippen LogP contribution is 2.65. The van der Waals surface area contributed by atoms with E-state index in [9.17, 15) is 19.5 Å². The Morgan fingerprint density at radius 3 is 2.54 bits per heavy atom. The van der Waals surface area contributed by atoms with Crippen LogP contribution in [0.25, 0.3) is 0 Å². The third-order valence-electron chi connectivity index (χ3n) is 8.99. The van der Waals surface area contributed by atoms with Gasteiger partial charge >= 0.3 is 5.97 Å². The molecule has 212 valence electrons. The average molecular weight is 539 g/mol. The molecule has 0 aromatic heterocycles. The molecule has 2 bridgehead atoms. The molecule has 2 amide bonds. The van der Waals surface area contributed by atoms with E-state index in [1.807, 2.05) is 44.2 Å². The highest BCUT2D eigenvalue weighted by atomic mass is 16.6. The zero-order valence-electron chi connectivity index (χ0n) is 23.4. The fraction of sp³-hybridized carbons (Fsp3) is 0.581. The largest absolute Gasteiger partial charge is 0.461 e. The summed E-state index contributed by atoms with van der Waals surface area (Å²) in [6.07, 6.45) is 6.38. The van der Waals surface area contributed by atoms with Gasteiger partial charge in [0.05, 0.1) is 24.2 Å². The number of carbonyl (C=O) groups excluding carboxylic acids is 3. The predicted molar refractivity (Wildman–Crippen MR) is 147 cm³/mol. The molecule has 3 heterocycles. The summed E-state index contributed by atoms with van der Waals surface area (Å²) in [5.74, 6) is -2.84. The quantitative estimate of drug-likeness (QED) is 0.303. The summed E-state index contributed by atoms with van der Waals surface area (Å²) >= 11 is 0. The second kappa shape index (κ2) is 11.6. The molecule has 3 saturated heterocycles. The lowest BCUT2D eigenvalue weighted by Gasteiger charge is -2.41. The van der Waals surface area contributed by atoms with E-state index in [-0.39, 0.29) is 31.1 Å². The molecule has 39 heavy (non-hydrogen) atoms. The van der Waals surface area contributed by atoms with Crippen molar-refractivity contribution in [2.45, 2.75) is 82.2 Å². The topological polar surface area (TPSA) is 96.4 Å². The normalized spacial score (nSPS) is 30.5. The van der Waals surface area contributed by atoms with E-state index in [2.05, 4.69) is 20.1 Å². The Morgan fingerprint density at radius 1 is 1.23 bits per heavy atom. The molecular formula is C31H42N2O6. The first-order chi connectivity index (χ1) is 18.8. The Labute approximate surface area is 231 Å². The standard InChI is InChI=1S/C31H42N2O6/c1-6-13-21(5)32(18-7-2)28(36)26-31-17-16-30(9-4,39-31)25(29(37)38-19-8-3)24(31)27(35)33(26)23(20-34)22-14-11-10-12-15-22/h7-8,10-12,14-15,21,23-26,34H,2-3,6,9,13,16-20H2,1,4-5H3/t21?,23-,24+,25+,26?,30-,31?/m1/s1. The minimum absolute atomic E-state index is 0.0278. The molecule has 1 spiro atoms. The van der Waals surface area contributed by atoms with Gasteiger partial charge in [0.1, 0.15) is 24.2 Å². The van der Waals surface area contributed by atoms with Crippen LogP contribution < -0.4 is 0 Å². The van der Waals surface area contributed by atoms with Gasteiger partial charge in [-0.2, -0.15) is 0 Å². The van der Waals surface area contributed by atoms with E-state index in [1.165, 1.54) is 11.0 Å². The van der Waals surface area contributed by atoms with Crippen LogP contribution >= 0.6 is 0 Å². The highest BCUT2D eigenvalue weighted by molar-refractivity contribution is 5.99. The van der Waals surface area contributed by atoms with Gasteiger partial charge in [-0.05, 0) is 38.2 Å². The third-order valence-corrected chi connectivity index (χ3v) is 8.99. The lowest BCUT2D eigenvalue weighted by atomic mass is 9.65. The molecule has 3 aliphatic heterocycles. The number of hydrogen-bond acceptors (Lipinski definition) is 6. The number of ether oxygens (including phenoxy) is 2. The van der Waals surface area contributed by atoms with Crippen LogP contribution in [0.2, 0.25) is 0 Å². The van der Waals surface area contributed by atoms with Crippen LogP contribution in [0.3, 0.4) is 0 Å². The molecule has 3 aliphatic rings. The van der Waals surface area contributed by atoms with Gasteiger partial charge in [0.2, 0.25) is 11.8 Å². The number of rotatable bonds is 13. The summed E-state index contributed by atoms with van der Waals surface area (Å²) < 4.78 is 12.3. The van der Waals surface area contributed by atoms with Gasteiger partial charge in [-0.3, -0.25) is 14.4 Å². The Hall–Kier alpha value is -2.97. The van der Waals surface area contributed by atoms with Crippen molar-refractivity contribution in [2.24, 2.45) is 11.8 Å². The van der Waals surface area contributed by atoms with Crippen molar-refractivity contribution in [1.29, 1.82) is 0 Å². The second-order valence-electron chi connectivity index (χ2n) is 11.0. The average Bonchev–Trinajstić information content (AvgIpc) is 3.55. The zero-order valence-corrected chi connectivity index (χ0v) is 23.4. The Kier molecular flexibility index (Phi) is 8.66. The molecule has 8 nitrogen and oxygen atoms in total. The maximum absolute atomic E-state index is 14.6. The van der Waals surface area contributed by atoms with Crippen molar-refractivity contribution in [1.82, 2.24) is 9.80 Å². The van der Waals surface area contributed by atoms with Crippen LogP contribution in [0.1, 0.15) is 64.5 Å². The van der Waals surface area contributed by atoms with Gasteiger partial charge in [0.15, 0.2) is 0 Å². The maximum atomic E-state index is 14.6. The van der Waals surface area contributed by atoms with E-state index in [1.54, 1.807) is 11.0 Å². The summed E-state index contributed by atoms with van der Waals surface area (Å²) in [5.41, 5.74) is -1.37.